The molecule has 0 aliphatic heterocycles. The summed E-state index contributed by atoms with van der Waals surface area (Å²) in [5.41, 5.74) is 1.05. The van der Waals surface area contributed by atoms with Crippen LogP contribution in [0.4, 0.5) is 0 Å². The lowest BCUT2D eigenvalue weighted by Crippen LogP contribution is -2.29. The number of nitrogens with zero attached hydrogens (tertiary/aromatic N) is 3. The topological polar surface area (TPSA) is 47.2 Å². The Bertz CT molecular complexity index is 779. The van der Waals surface area contributed by atoms with Gasteiger partial charge in [0.1, 0.15) is 10.6 Å². The fourth-order valence-electron chi connectivity index (χ4n) is 2.79. The molecule has 1 fully saturated rings. The van der Waals surface area contributed by atoms with Crippen molar-refractivity contribution in [3.05, 3.63) is 57.9 Å². The van der Waals surface area contributed by atoms with Gasteiger partial charge in [-0.1, -0.05) is 48.5 Å². The van der Waals surface area contributed by atoms with E-state index in [1.54, 1.807) is 6.20 Å². The van der Waals surface area contributed by atoms with Gasteiger partial charge in [0, 0.05) is 12.4 Å². The first kappa shape index (κ1) is 16.2. The Hall–Kier alpha value is -1.65. The first-order valence-corrected chi connectivity index (χ1v) is 8.48. The highest BCUT2D eigenvalue weighted by molar-refractivity contribution is 6.41. The zero-order chi connectivity index (χ0) is 16.2. The fourth-order valence-corrected chi connectivity index (χ4v) is 3.06. The van der Waals surface area contributed by atoms with Crippen LogP contribution in [0.25, 0.3) is 0 Å². The number of carbonyl (C=O) groups is 1. The number of carbonyl (C=O) groups excluding carboxylic acids is 1. The highest BCUT2D eigenvalue weighted by atomic mass is 35.5. The predicted molar refractivity (Wildman–Crippen MR) is 90.9 cm³/mol. The third kappa shape index (κ3) is 3.82. The number of pyridine rings is 2. The molecule has 23 heavy (non-hydrogen) atoms. The first-order valence-electron chi connectivity index (χ1n) is 7.72. The van der Waals surface area contributed by atoms with Crippen LogP contribution in [0, 0.1) is 0 Å². The van der Waals surface area contributed by atoms with Crippen molar-refractivity contribution in [2.75, 3.05) is 0 Å². The van der Waals surface area contributed by atoms with Crippen molar-refractivity contribution < 1.29 is 4.79 Å². The summed E-state index contributed by atoms with van der Waals surface area (Å²) in [4.78, 5) is 21.4. The Morgan fingerprint density at radius 1 is 1.22 bits per heavy atom. The molecule has 120 valence electrons. The Kier molecular flexibility index (Phi) is 5.13. The summed E-state index contributed by atoms with van der Waals surface area (Å²) in [5.74, 6) is -0.216. The van der Waals surface area contributed by atoms with Crippen LogP contribution in [0.1, 0.15) is 42.5 Å². The maximum Gasteiger partial charge on any atom is 0.265 e. The summed E-state index contributed by atoms with van der Waals surface area (Å²) >= 11 is 11.8. The molecule has 0 spiro atoms. The van der Waals surface area contributed by atoms with Crippen molar-refractivity contribution in [2.45, 2.75) is 38.1 Å². The maximum atomic E-state index is 12.7. The van der Waals surface area contributed by atoms with Gasteiger partial charge in [-0.05, 0) is 31.0 Å². The largest absolute Gasteiger partial charge is 0.268 e. The van der Waals surface area contributed by atoms with Gasteiger partial charge in [-0.3, -0.25) is 14.4 Å². The zero-order valence-corrected chi connectivity index (χ0v) is 14.1. The molecule has 0 amide bonds. The Balaban J connectivity index is 1.97. The highest BCUT2D eigenvalue weighted by Gasteiger charge is 2.14. The normalized spacial score (nSPS) is 16.5. The summed E-state index contributed by atoms with van der Waals surface area (Å²) < 4.78 is 1.54. The molecule has 0 N–H and O–H groups in total. The van der Waals surface area contributed by atoms with Crippen LogP contribution in [0.15, 0.2) is 41.7 Å². The van der Waals surface area contributed by atoms with E-state index in [2.05, 4.69) is 4.98 Å². The first-order chi connectivity index (χ1) is 11.1. The van der Waals surface area contributed by atoms with Crippen molar-refractivity contribution in [2.24, 2.45) is 4.99 Å². The lowest BCUT2D eigenvalue weighted by atomic mass is 9.96. The van der Waals surface area contributed by atoms with Gasteiger partial charge < -0.3 is 0 Å². The van der Waals surface area contributed by atoms with Gasteiger partial charge in [0.05, 0.1) is 16.6 Å². The molecule has 6 heteroatoms. The van der Waals surface area contributed by atoms with Crippen LogP contribution in [-0.2, 0) is 0 Å². The molecule has 0 saturated heterocycles. The van der Waals surface area contributed by atoms with Crippen molar-refractivity contribution in [3.63, 3.8) is 0 Å². The van der Waals surface area contributed by atoms with Crippen molar-refractivity contribution >= 4 is 29.1 Å². The van der Waals surface area contributed by atoms with E-state index in [-0.39, 0.29) is 22.1 Å². The van der Waals surface area contributed by atoms with Crippen LogP contribution in [-0.4, -0.2) is 21.5 Å². The van der Waals surface area contributed by atoms with Gasteiger partial charge in [-0.2, -0.15) is 0 Å². The van der Waals surface area contributed by atoms with E-state index >= 15 is 0 Å². The number of aromatic nitrogens is 2. The molecule has 0 aromatic carbocycles. The molecule has 1 aliphatic carbocycles. The van der Waals surface area contributed by atoms with E-state index in [1.807, 2.05) is 18.2 Å². The van der Waals surface area contributed by atoms with Crippen LogP contribution in [0.5, 0.6) is 0 Å². The van der Waals surface area contributed by atoms with Crippen molar-refractivity contribution in [1.29, 1.82) is 0 Å². The minimum absolute atomic E-state index is 0.188. The van der Waals surface area contributed by atoms with E-state index in [4.69, 9.17) is 28.2 Å². The van der Waals surface area contributed by atoms with E-state index in [0.29, 0.717) is 11.1 Å². The second kappa shape index (κ2) is 7.28. The third-order valence-electron chi connectivity index (χ3n) is 3.99. The van der Waals surface area contributed by atoms with E-state index in [1.165, 1.54) is 36.1 Å². The molecule has 0 bridgehead atoms. The van der Waals surface area contributed by atoms with Gasteiger partial charge in [0.25, 0.3) is 5.91 Å². The standard InChI is InChI=1S/C17H17Cl2N3O/c18-14-10-12(11-20-16(14)19)17(23)22-9-5-4-8-15(22)21-13-6-2-1-3-7-13/h4-5,8-11,13H,1-3,6-7H2. The molecular formula is C17H17Cl2N3O. The van der Waals surface area contributed by atoms with Gasteiger partial charge in [-0.25, -0.2) is 4.98 Å². The molecule has 2 heterocycles. The molecule has 2 aromatic heterocycles. The molecule has 4 nitrogen and oxygen atoms in total. The quantitative estimate of drug-likeness (QED) is 0.765. The molecule has 1 aliphatic rings. The van der Waals surface area contributed by atoms with E-state index in [0.717, 1.165) is 12.8 Å². The zero-order valence-electron chi connectivity index (χ0n) is 12.6. The Morgan fingerprint density at radius 3 is 2.74 bits per heavy atom. The van der Waals surface area contributed by atoms with Gasteiger partial charge in [0.2, 0.25) is 0 Å². The van der Waals surface area contributed by atoms with Crippen molar-refractivity contribution in [3.8, 4) is 0 Å². The smallest absolute Gasteiger partial charge is 0.265 e. The summed E-state index contributed by atoms with van der Waals surface area (Å²) in [6.45, 7) is 0. The second-order valence-electron chi connectivity index (χ2n) is 5.65. The number of hydrogen-bond acceptors (Lipinski definition) is 3. The van der Waals surface area contributed by atoms with Gasteiger partial charge in [0.15, 0.2) is 0 Å². The lowest BCUT2D eigenvalue weighted by Gasteiger charge is -2.17. The number of rotatable bonds is 2. The monoisotopic (exact) mass is 349 g/mol. The molecule has 0 atom stereocenters. The van der Waals surface area contributed by atoms with E-state index < -0.39 is 0 Å². The molecule has 2 aromatic rings. The maximum absolute atomic E-state index is 12.7. The SMILES string of the molecule is O=C(c1cnc(Cl)c(Cl)c1)n1ccccc1=NC1CCCCC1. The summed E-state index contributed by atoms with van der Waals surface area (Å²) in [6.07, 6.45) is 8.98. The van der Waals surface area contributed by atoms with Crippen LogP contribution >= 0.6 is 23.2 Å². The second-order valence-corrected chi connectivity index (χ2v) is 6.42. The summed E-state index contributed by atoms with van der Waals surface area (Å²) in [7, 11) is 0. The number of halogens is 2. The number of hydrogen-bond donors (Lipinski definition) is 0. The van der Waals surface area contributed by atoms with Crippen LogP contribution in [0.2, 0.25) is 10.2 Å². The molecule has 1 saturated carbocycles. The van der Waals surface area contributed by atoms with Gasteiger partial charge in [-0.15, -0.1) is 0 Å². The third-order valence-corrected chi connectivity index (χ3v) is 4.68. The average molecular weight is 350 g/mol. The predicted octanol–water partition coefficient (Wildman–Crippen LogP) is 4.11. The molecule has 3 rings (SSSR count). The highest BCUT2D eigenvalue weighted by Crippen LogP contribution is 2.21. The fraction of sp³-hybridized carbons (Fsp3) is 0.353. The average Bonchev–Trinajstić information content (AvgIpc) is 2.58. The van der Waals surface area contributed by atoms with Crippen LogP contribution in [0.3, 0.4) is 0 Å². The molecule has 0 radical (unpaired) electrons. The van der Waals surface area contributed by atoms with Gasteiger partial charge >= 0.3 is 0 Å². The minimum atomic E-state index is -0.216. The lowest BCUT2D eigenvalue weighted by molar-refractivity contribution is 0.0954. The molecule has 0 unspecified atom stereocenters. The van der Waals surface area contributed by atoms with Crippen molar-refractivity contribution in [1.82, 2.24) is 9.55 Å². The Labute approximate surface area is 144 Å². The van der Waals surface area contributed by atoms with E-state index in [9.17, 15) is 4.79 Å². The van der Waals surface area contributed by atoms with Crippen LogP contribution < -0.4 is 5.49 Å². The molecular weight excluding hydrogens is 333 g/mol. The Morgan fingerprint density at radius 2 is 2.00 bits per heavy atom. The summed E-state index contributed by atoms with van der Waals surface area (Å²) in [6, 6.07) is 7.37. The minimum Gasteiger partial charge on any atom is -0.268 e. The summed E-state index contributed by atoms with van der Waals surface area (Å²) in [5, 5.41) is 0.452.